The first kappa shape index (κ1) is 22.3. The number of anilines is 2. The predicted octanol–water partition coefficient (Wildman–Crippen LogP) is 5.27. The lowest BCUT2D eigenvalue weighted by atomic mass is 10.1. The lowest BCUT2D eigenvalue weighted by molar-refractivity contribution is -0.120. The van der Waals surface area contributed by atoms with Crippen molar-refractivity contribution in [2.75, 3.05) is 10.2 Å². The number of nitrogens with one attached hydrogen (secondary N) is 1. The van der Waals surface area contributed by atoms with Crippen LogP contribution in [0.15, 0.2) is 77.5 Å². The molecular formula is C26H21ClN2O4. The van der Waals surface area contributed by atoms with Crippen molar-refractivity contribution in [1.82, 2.24) is 0 Å². The Hall–Kier alpha value is -3.90. The van der Waals surface area contributed by atoms with Gasteiger partial charge in [0.05, 0.1) is 11.3 Å². The van der Waals surface area contributed by atoms with Crippen molar-refractivity contribution in [2.24, 2.45) is 0 Å². The number of halogens is 1. The molecule has 0 radical (unpaired) electrons. The van der Waals surface area contributed by atoms with E-state index in [0.717, 1.165) is 21.6 Å². The molecule has 1 heterocycles. The molecule has 33 heavy (non-hydrogen) atoms. The normalized spacial score (nSPS) is 13.5. The Morgan fingerprint density at radius 1 is 0.879 bits per heavy atom. The number of carbonyl (C=O) groups is 3. The van der Waals surface area contributed by atoms with Gasteiger partial charge in [-0.05, 0) is 74.4 Å². The molecule has 1 aliphatic rings. The molecule has 0 bridgehead atoms. The van der Waals surface area contributed by atoms with Crippen LogP contribution in [0.2, 0.25) is 0 Å². The Morgan fingerprint density at radius 2 is 1.58 bits per heavy atom. The van der Waals surface area contributed by atoms with E-state index < -0.39 is 17.8 Å². The summed E-state index contributed by atoms with van der Waals surface area (Å²) in [7, 11) is 0. The minimum Gasteiger partial charge on any atom is -0.423 e. The Kier molecular flexibility index (Phi) is 6.03. The third-order valence-corrected chi connectivity index (χ3v) is 5.56. The van der Waals surface area contributed by atoms with Gasteiger partial charge >= 0.3 is 5.97 Å². The van der Waals surface area contributed by atoms with Gasteiger partial charge in [-0.15, -0.1) is 0 Å². The zero-order valence-electron chi connectivity index (χ0n) is 18.3. The molecule has 0 aromatic heterocycles. The van der Waals surface area contributed by atoms with E-state index in [1.54, 1.807) is 42.5 Å². The summed E-state index contributed by atoms with van der Waals surface area (Å²) in [5.41, 5.74) is 4.10. The Morgan fingerprint density at radius 3 is 2.24 bits per heavy atom. The molecule has 0 saturated heterocycles. The van der Waals surface area contributed by atoms with E-state index in [-0.39, 0.29) is 10.7 Å². The molecule has 2 amide bonds. The maximum absolute atomic E-state index is 13.0. The molecule has 1 N–H and O–H groups in total. The molecular weight excluding hydrogens is 440 g/mol. The molecule has 3 aromatic carbocycles. The summed E-state index contributed by atoms with van der Waals surface area (Å²) in [4.78, 5) is 39.2. The fourth-order valence-electron chi connectivity index (χ4n) is 3.57. The largest absolute Gasteiger partial charge is 0.423 e. The van der Waals surface area contributed by atoms with Crippen LogP contribution in [0.3, 0.4) is 0 Å². The highest BCUT2D eigenvalue weighted by Gasteiger charge is 2.39. The van der Waals surface area contributed by atoms with Crippen molar-refractivity contribution < 1.29 is 19.1 Å². The third kappa shape index (κ3) is 4.52. The molecule has 0 atom stereocenters. The molecule has 1 aliphatic heterocycles. The average Bonchev–Trinajstić information content (AvgIpc) is 2.98. The standard InChI is InChI=1S/C26H21ClN2O4/c1-15-5-4-6-20(14-15)33-26(32)18-8-10-19(11-9-18)28-23-22(27)24(30)29(25(23)31)21-12-7-16(2)13-17(21)3/h4-14,28H,1-3H3. The zero-order valence-corrected chi connectivity index (χ0v) is 19.1. The third-order valence-electron chi connectivity index (χ3n) is 5.21. The topological polar surface area (TPSA) is 75.7 Å². The Labute approximate surface area is 196 Å². The van der Waals surface area contributed by atoms with Gasteiger partial charge in [-0.2, -0.15) is 0 Å². The van der Waals surface area contributed by atoms with Gasteiger partial charge in [-0.3, -0.25) is 9.59 Å². The van der Waals surface area contributed by atoms with Gasteiger partial charge in [-0.25, -0.2) is 9.69 Å². The number of aryl methyl sites for hydroxylation is 3. The molecule has 4 rings (SSSR count). The average molecular weight is 461 g/mol. The first-order valence-electron chi connectivity index (χ1n) is 10.3. The molecule has 6 nitrogen and oxygen atoms in total. The molecule has 0 saturated carbocycles. The maximum Gasteiger partial charge on any atom is 0.343 e. The van der Waals surface area contributed by atoms with Gasteiger partial charge in [0.1, 0.15) is 16.5 Å². The lowest BCUT2D eigenvalue weighted by Crippen LogP contribution is -2.32. The smallest absolute Gasteiger partial charge is 0.343 e. The molecule has 0 aliphatic carbocycles. The molecule has 0 spiro atoms. The van der Waals surface area contributed by atoms with E-state index in [1.807, 2.05) is 45.0 Å². The van der Waals surface area contributed by atoms with Gasteiger partial charge in [0.25, 0.3) is 11.8 Å². The molecule has 0 fully saturated rings. The summed E-state index contributed by atoms with van der Waals surface area (Å²) in [6.07, 6.45) is 0. The van der Waals surface area contributed by atoms with Crippen LogP contribution in [-0.2, 0) is 9.59 Å². The summed E-state index contributed by atoms with van der Waals surface area (Å²) >= 11 is 6.22. The number of rotatable bonds is 5. The van der Waals surface area contributed by atoms with Gasteiger partial charge in [0, 0.05) is 5.69 Å². The number of ether oxygens (including phenoxy) is 1. The van der Waals surface area contributed by atoms with Crippen LogP contribution in [0.25, 0.3) is 0 Å². The Bertz CT molecular complexity index is 1310. The number of imide groups is 1. The SMILES string of the molecule is Cc1cccc(OC(=O)c2ccc(NC3=C(Cl)C(=O)N(c4ccc(C)cc4C)C3=O)cc2)c1. The van der Waals surface area contributed by atoms with Crippen molar-refractivity contribution in [2.45, 2.75) is 20.8 Å². The van der Waals surface area contributed by atoms with Crippen LogP contribution in [0.5, 0.6) is 5.75 Å². The summed E-state index contributed by atoms with van der Waals surface area (Å²) < 4.78 is 5.39. The highest BCUT2D eigenvalue weighted by Crippen LogP contribution is 2.32. The summed E-state index contributed by atoms with van der Waals surface area (Å²) in [6.45, 7) is 5.67. The number of hydrogen-bond acceptors (Lipinski definition) is 5. The van der Waals surface area contributed by atoms with Gasteiger partial charge < -0.3 is 10.1 Å². The van der Waals surface area contributed by atoms with E-state index in [4.69, 9.17) is 16.3 Å². The predicted molar refractivity (Wildman–Crippen MR) is 127 cm³/mol. The van der Waals surface area contributed by atoms with E-state index in [1.165, 1.54) is 0 Å². The maximum atomic E-state index is 13.0. The van der Waals surface area contributed by atoms with Crippen LogP contribution in [0.1, 0.15) is 27.0 Å². The number of carbonyl (C=O) groups excluding carboxylic acids is 3. The first-order chi connectivity index (χ1) is 15.7. The van der Waals surface area contributed by atoms with E-state index in [2.05, 4.69) is 5.32 Å². The minimum absolute atomic E-state index is 0.0169. The van der Waals surface area contributed by atoms with Crippen LogP contribution >= 0.6 is 11.6 Å². The number of hydrogen-bond donors (Lipinski definition) is 1. The lowest BCUT2D eigenvalue weighted by Gasteiger charge is -2.18. The highest BCUT2D eigenvalue weighted by atomic mass is 35.5. The molecule has 0 unspecified atom stereocenters. The van der Waals surface area contributed by atoms with Crippen LogP contribution in [0, 0.1) is 20.8 Å². The monoisotopic (exact) mass is 460 g/mol. The van der Waals surface area contributed by atoms with Crippen LogP contribution in [0.4, 0.5) is 11.4 Å². The van der Waals surface area contributed by atoms with Gasteiger partial charge in [0.15, 0.2) is 0 Å². The fraction of sp³-hybridized carbons (Fsp3) is 0.115. The van der Waals surface area contributed by atoms with Crippen molar-refractivity contribution >= 4 is 40.8 Å². The van der Waals surface area contributed by atoms with E-state index in [0.29, 0.717) is 22.7 Å². The second-order valence-electron chi connectivity index (χ2n) is 7.83. The molecule has 7 heteroatoms. The second kappa shape index (κ2) is 8.92. The van der Waals surface area contributed by atoms with Crippen LogP contribution < -0.4 is 15.0 Å². The summed E-state index contributed by atoms with van der Waals surface area (Å²) in [6, 6.07) is 19.0. The number of amides is 2. The highest BCUT2D eigenvalue weighted by molar-refractivity contribution is 6.53. The van der Waals surface area contributed by atoms with Crippen molar-refractivity contribution in [3.63, 3.8) is 0 Å². The second-order valence-corrected chi connectivity index (χ2v) is 8.21. The number of esters is 1. The summed E-state index contributed by atoms with van der Waals surface area (Å²) in [5, 5.41) is 2.72. The molecule has 3 aromatic rings. The zero-order chi connectivity index (χ0) is 23.7. The minimum atomic E-state index is -0.588. The quantitative estimate of drug-likeness (QED) is 0.319. The van der Waals surface area contributed by atoms with Crippen LogP contribution in [-0.4, -0.2) is 17.8 Å². The number of nitrogens with zero attached hydrogens (tertiary/aromatic N) is 1. The molecule has 166 valence electrons. The summed E-state index contributed by atoms with van der Waals surface area (Å²) in [5.74, 6) is -1.17. The van der Waals surface area contributed by atoms with E-state index >= 15 is 0 Å². The van der Waals surface area contributed by atoms with Crippen molar-refractivity contribution in [3.8, 4) is 5.75 Å². The van der Waals surface area contributed by atoms with Gasteiger partial charge in [-0.1, -0.05) is 41.4 Å². The van der Waals surface area contributed by atoms with Crippen molar-refractivity contribution in [3.05, 3.63) is 99.7 Å². The Balaban J connectivity index is 1.50. The van der Waals surface area contributed by atoms with Gasteiger partial charge in [0.2, 0.25) is 0 Å². The van der Waals surface area contributed by atoms with Crippen molar-refractivity contribution in [1.29, 1.82) is 0 Å². The number of benzene rings is 3. The first-order valence-corrected chi connectivity index (χ1v) is 10.6. The van der Waals surface area contributed by atoms with E-state index in [9.17, 15) is 14.4 Å². The fourth-order valence-corrected chi connectivity index (χ4v) is 3.78.